The summed E-state index contributed by atoms with van der Waals surface area (Å²) >= 11 is 0. The van der Waals surface area contributed by atoms with Crippen LogP contribution in [0.1, 0.15) is 39.0 Å². The van der Waals surface area contributed by atoms with Crippen molar-refractivity contribution in [1.82, 2.24) is 15.5 Å². The average molecular weight is 352 g/mol. The van der Waals surface area contributed by atoms with Crippen molar-refractivity contribution >= 4 is 12.1 Å². The van der Waals surface area contributed by atoms with Crippen LogP contribution in [0.2, 0.25) is 0 Å². The zero-order chi connectivity index (χ0) is 18.0. The number of amides is 1. The van der Waals surface area contributed by atoms with Crippen LogP contribution >= 0.6 is 0 Å². The third-order valence-electron chi connectivity index (χ3n) is 3.76. The highest BCUT2D eigenvalue weighted by atomic mass is 19.4. The van der Waals surface area contributed by atoms with Crippen LogP contribution in [0.3, 0.4) is 0 Å². The summed E-state index contributed by atoms with van der Waals surface area (Å²) in [7, 11) is 1.62. The molecular weight excluding hydrogens is 325 g/mol. The first-order valence-corrected chi connectivity index (χ1v) is 8.31. The summed E-state index contributed by atoms with van der Waals surface area (Å²) in [6, 6.07) is 0.178. The summed E-state index contributed by atoms with van der Waals surface area (Å²) in [6.07, 6.45) is -3.06. The Balaban J connectivity index is 2.21. The van der Waals surface area contributed by atoms with Crippen LogP contribution in [0.5, 0.6) is 0 Å². The molecule has 0 aromatic heterocycles. The molecule has 1 saturated heterocycles. The number of piperidine rings is 1. The first-order valence-electron chi connectivity index (χ1n) is 8.31. The van der Waals surface area contributed by atoms with Crippen LogP contribution in [0, 0.1) is 0 Å². The Labute approximate surface area is 140 Å². The Morgan fingerprint density at radius 2 is 1.96 bits per heavy atom. The first-order chi connectivity index (χ1) is 11.4. The lowest BCUT2D eigenvalue weighted by molar-refractivity contribution is -0.135. The normalized spacial score (nSPS) is 16.9. The maximum Gasteiger partial charge on any atom is 0.409 e. The molecule has 1 aliphatic heterocycles. The molecule has 0 spiro atoms. The molecule has 0 aliphatic carbocycles. The van der Waals surface area contributed by atoms with Gasteiger partial charge in [-0.25, -0.2) is 4.79 Å². The molecule has 0 unspecified atom stereocenters. The van der Waals surface area contributed by atoms with E-state index in [-0.39, 0.29) is 18.6 Å². The fraction of sp³-hybridized carbons (Fsp3) is 0.867. The maximum atomic E-state index is 12.1. The van der Waals surface area contributed by atoms with Gasteiger partial charge in [-0.05, 0) is 32.6 Å². The van der Waals surface area contributed by atoms with Crippen LogP contribution < -0.4 is 10.6 Å². The second kappa shape index (κ2) is 10.2. The average Bonchev–Trinajstić information content (AvgIpc) is 2.53. The van der Waals surface area contributed by atoms with Crippen molar-refractivity contribution in [2.45, 2.75) is 51.2 Å². The van der Waals surface area contributed by atoms with Gasteiger partial charge in [-0.15, -0.1) is 0 Å². The molecule has 24 heavy (non-hydrogen) atoms. The quantitative estimate of drug-likeness (QED) is 0.438. The molecule has 0 aromatic rings. The van der Waals surface area contributed by atoms with E-state index >= 15 is 0 Å². The second-order valence-corrected chi connectivity index (χ2v) is 5.68. The minimum Gasteiger partial charge on any atom is -0.450 e. The van der Waals surface area contributed by atoms with Gasteiger partial charge >= 0.3 is 12.3 Å². The Morgan fingerprint density at radius 3 is 2.50 bits per heavy atom. The number of hydrogen-bond donors (Lipinski definition) is 2. The number of hydrogen-bond acceptors (Lipinski definition) is 3. The van der Waals surface area contributed by atoms with Crippen molar-refractivity contribution in [3.05, 3.63) is 0 Å². The molecule has 6 nitrogen and oxygen atoms in total. The Kier molecular flexibility index (Phi) is 8.70. The molecule has 1 rings (SSSR count). The smallest absolute Gasteiger partial charge is 0.409 e. The molecule has 1 aliphatic rings. The molecule has 0 saturated carbocycles. The monoisotopic (exact) mass is 352 g/mol. The molecule has 9 heteroatoms. The lowest BCUT2D eigenvalue weighted by Crippen LogP contribution is -2.50. The number of aliphatic imine (C=N–C) groups is 1. The predicted molar refractivity (Wildman–Crippen MR) is 86.0 cm³/mol. The molecule has 1 heterocycles. The predicted octanol–water partition coefficient (Wildman–Crippen LogP) is 2.50. The number of carbonyl (C=O) groups is 1. The lowest BCUT2D eigenvalue weighted by Gasteiger charge is -2.32. The van der Waals surface area contributed by atoms with Gasteiger partial charge in [0.2, 0.25) is 0 Å². The number of nitrogens with one attached hydrogen (secondary N) is 2. The van der Waals surface area contributed by atoms with Gasteiger partial charge in [0.15, 0.2) is 5.96 Å². The minimum atomic E-state index is -4.09. The Bertz CT molecular complexity index is 408. The van der Waals surface area contributed by atoms with Crippen LogP contribution in [0.25, 0.3) is 0 Å². The molecule has 1 fully saturated rings. The molecule has 0 atom stereocenters. The van der Waals surface area contributed by atoms with Crippen molar-refractivity contribution in [1.29, 1.82) is 0 Å². The third kappa shape index (κ3) is 8.26. The lowest BCUT2D eigenvalue weighted by atomic mass is 10.1. The van der Waals surface area contributed by atoms with E-state index < -0.39 is 12.6 Å². The molecule has 0 aromatic carbocycles. The summed E-state index contributed by atoms with van der Waals surface area (Å²) in [4.78, 5) is 17.4. The standard InChI is InChI=1S/C15H27F3N4O2/c1-3-24-14(23)22-10-6-12(7-11-22)21-13(19-2)20-9-5-4-8-15(16,17)18/h12H,3-11H2,1-2H3,(H2,19,20,21). The van der Waals surface area contributed by atoms with E-state index in [0.717, 1.165) is 12.8 Å². The number of guanidine groups is 1. The van der Waals surface area contributed by atoms with E-state index in [0.29, 0.717) is 38.6 Å². The zero-order valence-electron chi connectivity index (χ0n) is 14.3. The van der Waals surface area contributed by atoms with Gasteiger partial charge in [-0.1, -0.05) is 0 Å². The molecule has 0 bridgehead atoms. The highest BCUT2D eigenvalue weighted by molar-refractivity contribution is 5.80. The zero-order valence-corrected chi connectivity index (χ0v) is 14.3. The number of ether oxygens (including phenoxy) is 1. The van der Waals surface area contributed by atoms with E-state index in [1.54, 1.807) is 18.9 Å². The molecule has 1 amide bonds. The van der Waals surface area contributed by atoms with Crippen molar-refractivity contribution in [3.63, 3.8) is 0 Å². The maximum absolute atomic E-state index is 12.1. The van der Waals surface area contributed by atoms with Gasteiger partial charge in [0.25, 0.3) is 0 Å². The molecular formula is C15H27F3N4O2. The summed E-state index contributed by atoms with van der Waals surface area (Å²) in [5, 5.41) is 6.27. The third-order valence-corrected chi connectivity index (χ3v) is 3.76. The Morgan fingerprint density at radius 1 is 1.29 bits per heavy atom. The topological polar surface area (TPSA) is 66.0 Å². The largest absolute Gasteiger partial charge is 0.450 e. The van der Waals surface area contributed by atoms with Gasteiger partial charge < -0.3 is 20.3 Å². The van der Waals surface area contributed by atoms with E-state index in [4.69, 9.17) is 4.74 Å². The van der Waals surface area contributed by atoms with Crippen molar-refractivity contribution in [2.75, 3.05) is 33.3 Å². The number of unbranched alkanes of at least 4 members (excludes halogenated alkanes) is 1. The van der Waals surface area contributed by atoms with Crippen molar-refractivity contribution in [2.24, 2.45) is 4.99 Å². The van der Waals surface area contributed by atoms with Gasteiger partial charge in [0.05, 0.1) is 6.61 Å². The molecule has 2 N–H and O–H groups in total. The van der Waals surface area contributed by atoms with Gasteiger partial charge in [0, 0.05) is 39.1 Å². The fourth-order valence-corrected chi connectivity index (χ4v) is 2.47. The first kappa shape index (κ1) is 20.4. The fourth-order valence-electron chi connectivity index (χ4n) is 2.47. The van der Waals surface area contributed by atoms with Crippen molar-refractivity contribution < 1.29 is 22.7 Å². The van der Waals surface area contributed by atoms with Gasteiger partial charge in [-0.2, -0.15) is 13.2 Å². The van der Waals surface area contributed by atoms with Crippen LogP contribution in [-0.4, -0.2) is 62.5 Å². The Hall–Kier alpha value is -1.67. The van der Waals surface area contributed by atoms with Crippen LogP contribution in [-0.2, 0) is 4.74 Å². The second-order valence-electron chi connectivity index (χ2n) is 5.68. The number of halogens is 3. The van der Waals surface area contributed by atoms with Crippen molar-refractivity contribution in [3.8, 4) is 0 Å². The number of rotatable bonds is 6. The molecule has 0 radical (unpaired) electrons. The number of carbonyl (C=O) groups excluding carboxylic acids is 1. The van der Waals surface area contributed by atoms with Crippen LogP contribution in [0.15, 0.2) is 4.99 Å². The van der Waals surface area contributed by atoms with Gasteiger partial charge in [0.1, 0.15) is 0 Å². The summed E-state index contributed by atoms with van der Waals surface area (Å²) in [5.74, 6) is 0.580. The van der Waals surface area contributed by atoms with Gasteiger partial charge in [-0.3, -0.25) is 4.99 Å². The van der Waals surface area contributed by atoms with E-state index in [1.165, 1.54) is 0 Å². The minimum absolute atomic E-state index is 0.103. The highest BCUT2D eigenvalue weighted by Crippen LogP contribution is 2.21. The van der Waals surface area contributed by atoms with E-state index in [2.05, 4.69) is 15.6 Å². The summed E-state index contributed by atoms with van der Waals surface area (Å²) in [5.41, 5.74) is 0. The summed E-state index contributed by atoms with van der Waals surface area (Å²) < 4.78 is 41.1. The number of alkyl halides is 3. The SMILES string of the molecule is CCOC(=O)N1CCC(NC(=NC)NCCCCC(F)(F)F)CC1. The number of nitrogens with zero attached hydrogens (tertiary/aromatic N) is 2. The highest BCUT2D eigenvalue weighted by Gasteiger charge is 2.26. The van der Waals surface area contributed by atoms with E-state index in [1.807, 2.05) is 0 Å². The van der Waals surface area contributed by atoms with E-state index in [9.17, 15) is 18.0 Å². The van der Waals surface area contributed by atoms with Crippen LogP contribution in [0.4, 0.5) is 18.0 Å². The summed E-state index contributed by atoms with van der Waals surface area (Å²) in [6.45, 7) is 3.80. The number of likely N-dealkylation sites (tertiary alicyclic amines) is 1. The molecule has 140 valence electrons.